The van der Waals surface area contributed by atoms with Gasteiger partial charge in [0.1, 0.15) is 11.4 Å². The first-order valence-electron chi connectivity index (χ1n) is 8.01. The van der Waals surface area contributed by atoms with Crippen molar-refractivity contribution in [2.45, 2.75) is 36.5 Å². The van der Waals surface area contributed by atoms with Crippen molar-refractivity contribution in [2.24, 2.45) is 5.92 Å². The summed E-state index contributed by atoms with van der Waals surface area (Å²) >= 11 is 0. The van der Waals surface area contributed by atoms with E-state index in [1.165, 1.54) is 0 Å². The lowest BCUT2D eigenvalue weighted by Crippen LogP contribution is -2.56. The summed E-state index contributed by atoms with van der Waals surface area (Å²) in [5.74, 6) is -2.17. The Morgan fingerprint density at radius 3 is 2.71 bits per heavy atom. The molecule has 3 aliphatic rings. The van der Waals surface area contributed by atoms with Gasteiger partial charge in [-0.25, -0.2) is 4.79 Å². The van der Waals surface area contributed by atoms with Gasteiger partial charge in [-0.3, -0.25) is 4.79 Å². The Hall–Kier alpha value is -2.12. The number of ether oxygens (including phenoxy) is 1. The largest absolute Gasteiger partial charge is 0.481 e. The highest BCUT2D eigenvalue weighted by Gasteiger charge is 2.59. The molecule has 0 unspecified atom stereocenters. The molecule has 0 saturated carbocycles. The first-order chi connectivity index (χ1) is 11.3. The lowest BCUT2D eigenvalue weighted by Gasteiger charge is -2.49. The Morgan fingerprint density at radius 1 is 1.29 bits per heavy atom. The van der Waals surface area contributed by atoms with Crippen molar-refractivity contribution >= 4 is 11.9 Å². The fourth-order valence-electron chi connectivity index (χ4n) is 4.70. The van der Waals surface area contributed by atoms with E-state index in [1.54, 1.807) is 12.1 Å². The van der Waals surface area contributed by atoms with Gasteiger partial charge in [0.25, 0.3) is 0 Å². The molecule has 2 heterocycles. The van der Waals surface area contributed by atoms with Gasteiger partial charge >= 0.3 is 11.9 Å². The van der Waals surface area contributed by atoms with Crippen LogP contribution < -0.4 is 4.74 Å². The molecular weight excluding hydrogens is 314 g/mol. The molecule has 0 aromatic heterocycles. The van der Waals surface area contributed by atoms with Crippen LogP contribution in [0.2, 0.25) is 0 Å². The number of aliphatic carboxylic acids is 2. The van der Waals surface area contributed by atoms with Crippen LogP contribution in [-0.2, 0) is 15.2 Å². The molecule has 24 heavy (non-hydrogen) atoms. The number of hydrogen-bond donors (Lipinski definition) is 3. The Kier molecular flexibility index (Phi) is 3.17. The number of aliphatic hydroxyl groups is 1. The van der Waals surface area contributed by atoms with Crippen LogP contribution >= 0.6 is 0 Å². The summed E-state index contributed by atoms with van der Waals surface area (Å²) in [6, 6.07) is 5.17. The number of hydrogen-bond acceptors (Lipinski definition) is 5. The van der Waals surface area contributed by atoms with Crippen molar-refractivity contribution in [2.75, 3.05) is 13.6 Å². The zero-order valence-corrected chi connectivity index (χ0v) is 13.2. The maximum Gasteiger partial charge on any atom is 0.348 e. The number of rotatable bonds is 2. The number of carboxylic acid groups (broad SMARTS) is 2. The molecule has 0 amide bonds. The zero-order chi connectivity index (χ0) is 17.2. The fourth-order valence-corrected chi connectivity index (χ4v) is 4.70. The molecule has 5 atom stereocenters. The highest BCUT2D eigenvalue weighted by Crippen LogP contribution is 2.55. The summed E-state index contributed by atoms with van der Waals surface area (Å²) in [6.07, 6.45) is -0.629. The van der Waals surface area contributed by atoms with Crippen LogP contribution in [0.3, 0.4) is 0 Å². The van der Waals surface area contributed by atoms with Crippen molar-refractivity contribution in [3.05, 3.63) is 29.3 Å². The van der Waals surface area contributed by atoms with E-state index in [4.69, 9.17) is 4.74 Å². The minimum Gasteiger partial charge on any atom is -0.481 e. The van der Waals surface area contributed by atoms with Crippen LogP contribution in [0.5, 0.6) is 5.75 Å². The highest BCUT2D eigenvalue weighted by atomic mass is 16.5. The summed E-state index contributed by atoms with van der Waals surface area (Å²) in [5.41, 5.74) is -0.241. The molecule has 0 spiro atoms. The molecular formula is C17H19NO6. The SMILES string of the molecule is CN1C[C@H](C(=O)O)C[C@@H]2c3cccc4c3[C@](O)(C[C@H]21)[C@@H](C(=O)O)O4. The number of likely N-dealkylation sites (tertiary alicyclic amines) is 1. The molecule has 128 valence electrons. The molecule has 0 radical (unpaired) electrons. The van der Waals surface area contributed by atoms with Gasteiger partial charge in [-0.15, -0.1) is 0 Å². The van der Waals surface area contributed by atoms with Crippen molar-refractivity contribution in [3.8, 4) is 5.75 Å². The van der Waals surface area contributed by atoms with Gasteiger partial charge in [0.2, 0.25) is 6.10 Å². The Bertz CT molecular complexity index is 734. The van der Waals surface area contributed by atoms with E-state index in [1.807, 2.05) is 18.0 Å². The summed E-state index contributed by atoms with van der Waals surface area (Å²) in [4.78, 5) is 25.0. The molecule has 1 saturated heterocycles. The third kappa shape index (κ3) is 1.91. The lowest BCUT2D eigenvalue weighted by atomic mass is 9.65. The van der Waals surface area contributed by atoms with Crippen molar-refractivity contribution < 1.29 is 29.6 Å². The number of carboxylic acids is 2. The van der Waals surface area contributed by atoms with Crippen LogP contribution in [0.25, 0.3) is 0 Å². The molecule has 7 heteroatoms. The average molecular weight is 333 g/mol. The van der Waals surface area contributed by atoms with Crippen molar-refractivity contribution in [1.82, 2.24) is 4.90 Å². The van der Waals surface area contributed by atoms with E-state index >= 15 is 0 Å². The topological polar surface area (TPSA) is 107 Å². The number of benzene rings is 1. The molecule has 1 fully saturated rings. The molecule has 1 aliphatic carbocycles. The Morgan fingerprint density at radius 2 is 2.04 bits per heavy atom. The van der Waals surface area contributed by atoms with Crippen LogP contribution in [0.1, 0.15) is 29.9 Å². The summed E-state index contributed by atoms with van der Waals surface area (Å²) in [6.45, 7) is 0.389. The van der Waals surface area contributed by atoms with Crippen LogP contribution in [0.4, 0.5) is 0 Å². The number of nitrogens with zero attached hydrogens (tertiary/aromatic N) is 1. The zero-order valence-electron chi connectivity index (χ0n) is 13.2. The standard InChI is InChI=1S/C17H19NO6/c1-18-7-8(15(19)20)5-10-9-3-2-4-12-13(9)17(23,6-11(10)18)14(24-12)16(21)22/h2-4,8,10-11,14,23H,5-7H2,1H3,(H,19,20)(H,21,22)/t8-,10-,11-,14-,17-/m1/s1. The minimum atomic E-state index is -1.58. The third-order valence-electron chi connectivity index (χ3n) is 5.74. The van der Waals surface area contributed by atoms with Gasteiger partial charge in [0.15, 0.2) is 0 Å². The number of carbonyl (C=O) groups is 2. The second kappa shape index (κ2) is 4.94. The molecule has 1 aromatic rings. The molecule has 3 N–H and O–H groups in total. The van der Waals surface area contributed by atoms with Gasteiger partial charge in [0.05, 0.1) is 5.92 Å². The van der Waals surface area contributed by atoms with Crippen LogP contribution in [0.15, 0.2) is 18.2 Å². The van der Waals surface area contributed by atoms with Crippen molar-refractivity contribution in [1.29, 1.82) is 0 Å². The van der Waals surface area contributed by atoms with Gasteiger partial charge in [-0.2, -0.15) is 0 Å². The van der Waals surface area contributed by atoms with Crippen molar-refractivity contribution in [3.63, 3.8) is 0 Å². The first-order valence-corrected chi connectivity index (χ1v) is 8.01. The second-order valence-electron chi connectivity index (χ2n) is 7.07. The van der Waals surface area contributed by atoms with E-state index in [2.05, 4.69) is 0 Å². The van der Waals surface area contributed by atoms with Gasteiger partial charge < -0.3 is 25.0 Å². The normalized spacial score (nSPS) is 37.2. The average Bonchev–Trinajstić information content (AvgIpc) is 2.83. The molecule has 0 bridgehead atoms. The maximum atomic E-state index is 11.6. The molecule has 1 aromatic carbocycles. The van der Waals surface area contributed by atoms with Gasteiger partial charge in [0, 0.05) is 30.5 Å². The quantitative estimate of drug-likeness (QED) is 0.728. The predicted molar refractivity (Wildman–Crippen MR) is 81.9 cm³/mol. The third-order valence-corrected chi connectivity index (χ3v) is 5.74. The second-order valence-corrected chi connectivity index (χ2v) is 7.07. The lowest BCUT2D eigenvalue weighted by molar-refractivity contribution is -0.160. The Balaban J connectivity index is 1.84. The van der Waals surface area contributed by atoms with E-state index in [9.17, 15) is 24.9 Å². The smallest absolute Gasteiger partial charge is 0.348 e. The van der Waals surface area contributed by atoms with E-state index in [0.717, 1.165) is 5.56 Å². The Labute approximate surface area is 138 Å². The highest BCUT2D eigenvalue weighted by molar-refractivity contribution is 5.78. The molecule has 4 rings (SSSR count). The van der Waals surface area contributed by atoms with E-state index < -0.39 is 29.6 Å². The first kappa shape index (κ1) is 15.4. The van der Waals surface area contributed by atoms with Gasteiger partial charge in [-0.1, -0.05) is 12.1 Å². The number of fused-ring (bicyclic) bond motifs is 2. The maximum absolute atomic E-state index is 11.6. The molecule has 7 nitrogen and oxygen atoms in total. The fraction of sp³-hybridized carbons (Fsp3) is 0.529. The molecule has 2 aliphatic heterocycles. The summed E-state index contributed by atoms with van der Waals surface area (Å²) < 4.78 is 5.53. The predicted octanol–water partition coefficient (Wildman–Crippen LogP) is 0.612. The van der Waals surface area contributed by atoms with Crippen LogP contribution in [-0.4, -0.2) is 57.9 Å². The number of piperidine rings is 1. The minimum absolute atomic E-state index is 0.0591. The summed E-state index contributed by atoms with van der Waals surface area (Å²) in [5, 5.41) is 30.1. The van der Waals surface area contributed by atoms with E-state index in [0.29, 0.717) is 24.3 Å². The van der Waals surface area contributed by atoms with Crippen LogP contribution in [0, 0.1) is 5.92 Å². The van der Waals surface area contributed by atoms with Gasteiger partial charge in [-0.05, 0) is 25.1 Å². The number of likely N-dealkylation sites (N-methyl/N-ethyl adjacent to an activating group) is 1. The van der Waals surface area contributed by atoms with E-state index in [-0.39, 0.29) is 18.4 Å². The monoisotopic (exact) mass is 333 g/mol. The summed E-state index contributed by atoms with van der Waals surface area (Å²) in [7, 11) is 1.83.